The van der Waals surface area contributed by atoms with Crippen LogP contribution >= 0.6 is 0 Å². The van der Waals surface area contributed by atoms with Gasteiger partial charge in [-0.3, -0.25) is 9.35 Å². The van der Waals surface area contributed by atoms with Gasteiger partial charge in [-0.2, -0.15) is 8.42 Å². The Morgan fingerprint density at radius 2 is 1.12 bits per heavy atom. The van der Waals surface area contributed by atoms with Gasteiger partial charge in [0.25, 0.3) is 0 Å². The monoisotopic (exact) mass is 823 g/mol. The van der Waals surface area contributed by atoms with Crippen molar-refractivity contribution in [3.63, 3.8) is 0 Å². The molecule has 4 N–H and O–H groups in total. The minimum atomic E-state index is -5.06. The van der Waals surface area contributed by atoms with Crippen molar-refractivity contribution >= 4 is 16.4 Å². The summed E-state index contributed by atoms with van der Waals surface area (Å²) in [7, 11) is -5.06. The maximum Gasteiger partial charge on any atom is 0.397 e. The van der Waals surface area contributed by atoms with Gasteiger partial charge in [0, 0.05) is 13.0 Å². The average Bonchev–Trinajstić information content (AvgIpc) is 3.17. The summed E-state index contributed by atoms with van der Waals surface area (Å²) in [5, 5.41) is 30.6. The van der Waals surface area contributed by atoms with E-state index in [0.29, 0.717) is 13.0 Å². The largest absolute Gasteiger partial charge is 0.457 e. The number of ether oxygens (including phenoxy) is 4. The zero-order valence-electron chi connectivity index (χ0n) is 35.2. The fraction of sp³-hybridized carbons (Fsp3) is 0.930. The molecule has 1 aliphatic heterocycles. The molecule has 1 heterocycles. The van der Waals surface area contributed by atoms with Crippen LogP contribution in [-0.4, -0.2) is 97.5 Å². The highest BCUT2D eigenvalue weighted by Gasteiger charge is 2.48. The van der Waals surface area contributed by atoms with E-state index in [1.165, 1.54) is 122 Å². The second kappa shape index (κ2) is 35.8. The number of rotatable bonds is 39. The molecule has 1 rings (SSSR count). The Bertz CT molecular complexity index is 1040. The Labute approximate surface area is 340 Å². The van der Waals surface area contributed by atoms with Crippen molar-refractivity contribution in [1.82, 2.24) is 0 Å². The molecule has 0 saturated carbocycles. The predicted molar refractivity (Wildman–Crippen MR) is 221 cm³/mol. The van der Waals surface area contributed by atoms with Crippen LogP contribution in [0.25, 0.3) is 0 Å². The molecule has 0 aromatic rings. The minimum absolute atomic E-state index is 0.0369. The molecule has 0 amide bonds. The average molecular weight is 823 g/mol. The van der Waals surface area contributed by atoms with Crippen LogP contribution in [0, 0.1) is 0 Å². The van der Waals surface area contributed by atoms with Crippen molar-refractivity contribution in [1.29, 1.82) is 0 Å². The first-order valence-electron chi connectivity index (χ1n) is 22.4. The molecule has 56 heavy (non-hydrogen) atoms. The molecule has 0 aromatic carbocycles. The molecule has 0 aliphatic carbocycles. The molecule has 1 aliphatic rings. The zero-order valence-corrected chi connectivity index (χ0v) is 36.0. The summed E-state index contributed by atoms with van der Waals surface area (Å²) in [5.74, 6) is -0.399. The van der Waals surface area contributed by atoms with E-state index in [2.05, 4.69) is 30.2 Å². The Balaban J connectivity index is 2.44. The van der Waals surface area contributed by atoms with E-state index in [-0.39, 0.29) is 19.6 Å². The van der Waals surface area contributed by atoms with Gasteiger partial charge in [-0.25, -0.2) is 4.18 Å². The topological polar surface area (TPSA) is 178 Å². The molecule has 6 atom stereocenters. The number of hydrogen-bond donors (Lipinski definition) is 4. The first kappa shape index (κ1) is 52.9. The lowest BCUT2D eigenvalue weighted by atomic mass is 9.99. The van der Waals surface area contributed by atoms with Gasteiger partial charge < -0.3 is 34.3 Å². The van der Waals surface area contributed by atoms with Crippen LogP contribution in [0.5, 0.6) is 0 Å². The SMILES string of the molecule is CCCCCCC/C=C\CCCCCCCCOCC(COC1OC(CO)C(O)C(OS(=O)(=O)O)C1O)OC(=O)CCCCCCCCCCCCCCCC. The summed E-state index contributed by atoms with van der Waals surface area (Å²) in [6.07, 6.45) is 28.1. The van der Waals surface area contributed by atoms with Crippen LogP contribution in [0.2, 0.25) is 0 Å². The predicted octanol–water partition coefficient (Wildman–Crippen LogP) is 9.08. The van der Waals surface area contributed by atoms with E-state index in [4.69, 9.17) is 23.5 Å². The molecule has 0 spiro atoms. The van der Waals surface area contributed by atoms with Crippen LogP contribution < -0.4 is 0 Å². The Kier molecular flexibility index (Phi) is 33.7. The van der Waals surface area contributed by atoms with Gasteiger partial charge in [0.15, 0.2) is 6.29 Å². The first-order chi connectivity index (χ1) is 27.1. The summed E-state index contributed by atoms with van der Waals surface area (Å²) in [6.45, 7) is 3.98. The highest BCUT2D eigenvalue weighted by atomic mass is 32.3. The molecule has 13 heteroatoms. The molecule has 1 fully saturated rings. The number of carbonyl (C=O) groups excluding carboxylic acids is 1. The number of allylic oxidation sites excluding steroid dienone is 2. The molecule has 0 radical (unpaired) electrons. The Morgan fingerprint density at radius 3 is 1.61 bits per heavy atom. The molecule has 12 nitrogen and oxygen atoms in total. The van der Waals surface area contributed by atoms with Gasteiger partial charge in [0.2, 0.25) is 0 Å². The van der Waals surface area contributed by atoms with Crippen LogP contribution in [0.4, 0.5) is 0 Å². The van der Waals surface area contributed by atoms with Crippen LogP contribution in [0.3, 0.4) is 0 Å². The lowest BCUT2D eigenvalue weighted by Gasteiger charge is -2.41. The van der Waals surface area contributed by atoms with E-state index < -0.39 is 59.8 Å². The lowest BCUT2D eigenvalue weighted by molar-refractivity contribution is -0.301. The normalized spacial score (nSPS) is 20.9. The van der Waals surface area contributed by atoms with Gasteiger partial charge >= 0.3 is 16.4 Å². The van der Waals surface area contributed by atoms with Crippen molar-refractivity contribution in [3.8, 4) is 0 Å². The minimum Gasteiger partial charge on any atom is -0.457 e. The van der Waals surface area contributed by atoms with Gasteiger partial charge in [0.05, 0.1) is 19.8 Å². The zero-order chi connectivity index (χ0) is 41.1. The molecule has 332 valence electrons. The summed E-state index contributed by atoms with van der Waals surface area (Å²) < 4.78 is 59.0. The van der Waals surface area contributed by atoms with Crippen molar-refractivity contribution in [2.75, 3.05) is 26.4 Å². The highest BCUT2D eigenvalue weighted by Crippen LogP contribution is 2.26. The summed E-state index contributed by atoms with van der Waals surface area (Å²) in [6, 6.07) is 0. The quantitative estimate of drug-likeness (QED) is 0.0200. The second-order valence-electron chi connectivity index (χ2n) is 15.6. The molecular formula is C43H82O12S. The van der Waals surface area contributed by atoms with E-state index in [1.807, 2.05) is 0 Å². The van der Waals surface area contributed by atoms with E-state index >= 15 is 0 Å². The summed E-state index contributed by atoms with van der Waals surface area (Å²) >= 11 is 0. The van der Waals surface area contributed by atoms with Gasteiger partial charge in [-0.05, 0) is 38.5 Å². The number of esters is 1. The number of unbranched alkanes of at least 4 members (excludes halogenated alkanes) is 24. The Morgan fingerprint density at radius 1 is 0.661 bits per heavy atom. The van der Waals surface area contributed by atoms with E-state index in [9.17, 15) is 28.5 Å². The standard InChI is InChI=1S/C43H82O12S/c1-3-5-7-9-11-13-15-17-19-21-23-25-27-29-31-33-51-35-37(36-52-43-41(47)42(55-56(48,49)50)40(46)38(34-44)54-43)53-39(45)32-30-28-26-24-22-20-18-16-14-12-10-8-6-4-2/h15,17,37-38,40-44,46-47H,3-14,16,18-36H2,1-2H3,(H,48,49,50)/b17-15-. The summed E-state index contributed by atoms with van der Waals surface area (Å²) in [5.41, 5.74) is 0. The summed E-state index contributed by atoms with van der Waals surface area (Å²) in [4.78, 5) is 12.8. The van der Waals surface area contributed by atoms with Crippen molar-refractivity contribution in [2.24, 2.45) is 0 Å². The smallest absolute Gasteiger partial charge is 0.397 e. The fourth-order valence-electron chi connectivity index (χ4n) is 6.96. The second-order valence-corrected chi connectivity index (χ2v) is 16.7. The van der Waals surface area contributed by atoms with E-state index in [0.717, 1.165) is 44.9 Å². The molecular weight excluding hydrogens is 741 g/mol. The Hall–Kier alpha value is -1.16. The van der Waals surface area contributed by atoms with Crippen molar-refractivity contribution < 1.29 is 56.2 Å². The van der Waals surface area contributed by atoms with Crippen molar-refractivity contribution in [2.45, 2.75) is 230 Å². The molecule has 1 saturated heterocycles. The maximum absolute atomic E-state index is 12.8. The lowest BCUT2D eigenvalue weighted by Crippen LogP contribution is -2.60. The maximum atomic E-state index is 12.8. The van der Waals surface area contributed by atoms with E-state index in [1.54, 1.807) is 0 Å². The van der Waals surface area contributed by atoms with Crippen LogP contribution in [-0.2, 0) is 38.3 Å². The fourth-order valence-corrected chi connectivity index (χ4v) is 7.47. The number of hydrogen-bond acceptors (Lipinski definition) is 11. The third kappa shape index (κ3) is 29.1. The number of carbonyl (C=O) groups is 1. The first-order valence-corrected chi connectivity index (χ1v) is 23.8. The molecule has 6 unspecified atom stereocenters. The third-order valence-electron chi connectivity index (χ3n) is 10.4. The molecule has 0 aromatic heterocycles. The van der Waals surface area contributed by atoms with Gasteiger partial charge in [-0.15, -0.1) is 0 Å². The highest BCUT2D eigenvalue weighted by molar-refractivity contribution is 7.80. The molecule has 0 bridgehead atoms. The number of aliphatic hydroxyl groups is 3. The van der Waals surface area contributed by atoms with Crippen LogP contribution in [0.15, 0.2) is 12.2 Å². The number of aliphatic hydroxyl groups excluding tert-OH is 3. The van der Waals surface area contributed by atoms with Gasteiger partial charge in [-0.1, -0.05) is 161 Å². The third-order valence-corrected chi connectivity index (χ3v) is 10.9. The van der Waals surface area contributed by atoms with Crippen molar-refractivity contribution in [3.05, 3.63) is 12.2 Å². The van der Waals surface area contributed by atoms with Crippen LogP contribution in [0.1, 0.15) is 194 Å². The van der Waals surface area contributed by atoms with Gasteiger partial charge in [0.1, 0.15) is 30.5 Å².